The van der Waals surface area contributed by atoms with E-state index in [2.05, 4.69) is 11.4 Å². The van der Waals surface area contributed by atoms with Crippen LogP contribution in [0.1, 0.15) is 43.7 Å². The number of amides is 1. The van der Waals surface area contributed by atoms with E-state index < -0.39 is 10.0 Å². The fourth-order valence-electron chi connectivity index (χ4n) is 4.52. The Morgan fingerprint density at radius 1 is 1.06 bits per heavy atom. The Hall–Kier alpha value is -2.38. The van der Waals surface area contributed by atoms with Crippen molar-refractivity contribution in [2.24, 2.45) is 5.92 Å². The van der Waals surface area contributed by atoms with Gasteiger partial charge in [-0.15, -0.1) is 0 Å². The quantitative estimate of drug-likeness (QED) is 0.734. The van der Waals surface area contributed by atoms with E-state index >= 15 is 0 Å². The van der Waals surface area contributed by atoms with Crippen LogP contribution in [0.5, 0.6) is 5.75 Å². The minimum Gasteiger partial charge on any atom is -0.494 e. The molecule has 2 aromatic rings. The van der Waals surface area contributed by atoms with Crippen LogP contribution < -0.4 is 10.1 Å². The van der Waals surface area contributed by atoms with Crippen LogP contribution >= 0.6 is 0 Å². The molecule has 0 saturated carbocycles. The van der Waals surface area contributed by atoms with Crippen LogP contribution in [0, 0.1) is 5.92 Å². The predicted octanol–water partition coefficient (Wildman–Crippen LogP) is 4.00. The number of aryl methyl sites for hydroxylation is 1. The molecule has 1 saturated heterocycles. The Morgan fingerprint density at radius 3 is 2.48 bits per heavy atom. The highest BCUT2D eigenvalue weighted by Gasteiger charge is 2.32. The molecule has 1 fully saturated rings. The first-order chi connectivity index (χ1) is 15.0. The van der Waals surface area contributed by atoms with Gasteiger partial charge in [0, 0.05) is 24.7 Å². The number of rotatable bonds is 6. The molecule has 4 rings (SSSR count). The minimum atomic E-state index is -3.57. The number of ether oxygens (including phenoxy) is 1. The normalized spacial score (nSPS) is 17.7. The summed E-state index contributed by atoms with van der Waals surface area (Å²) in [5, 5.41) is 3.12. The number of sulfonamides is 1. The zero-order valence-corrected chi connectivity index (χ0v) is 18.8. The van der Waals surface area contributed by atoms with Gasteiger partial charge in [0.05, 0.1) is 11.5 Å². The second kappa shape index (κ2) is 9.40. The number of nitrogens with one attached hydrogen (secondary N) is 1. The van der Waals surface area contributed by atoms with E-state index in [0.29, 0.717) is 38.3 Å². The van der Waals surface area contributed by atoms with Gasteiger partial charge in [0.1, 0.15) is 5.75 Å². The van der Waals surface area contributed by atoms with E-state index in [1.54, 1.807) is 24.3 Å². The van der Waals surface area contributed by atoms with Gasteiger partial charge in [0.25, 0.3) is 0 Å². The van der Waals surface area contributed by atoms with Crippen LogP contribution in [-0.4, -0.2) is 38.3 Å². The van der Waals surface area contributed by atoms with E-state index in [9.17, 15) is 13.2 Å². The third kappa shape index (κ3) is 4.77. The number of hydrogen-bond donors (Lipinski definition) is 1. The fraction of sp³-hybridized carbons (Fsp3) is 0.458. The van der Waals surface area contributed by atoms with Gasteiger partial charge in [-0.25, -0.2) is 8.42 Å². The molecule has 6 nitrogen and oxygen atoms in total. The lowest BCUT2D eigenvalue weighted by atomic mass is 9.90. The lowest BCUT2D eigenvalue weighted by Crippen LogP contribution is -2.41. The minimum absolute atomic E-state index is 0.00270. The molecule has 0 bridgehead atoms. The summed E-state index contributed by atoms with van der Waals surface area (Å²) in [4.78, 5) is 13.1. The van der Waals surface area contributed by atoms with E-state index in [1.807, 2.05) is 19.1 Å². The summed E-state index contributed by atoms with van der Waals surface area (Å²) in [6.45, 7) is 3.12. The average molecular weight is 443 g/mol. The fourth-order valence-corrected chi connectivity index (χ4v) is 5.98. The third-order valence-electron chi connectivity index (χ3n) is 6.25. The summed E-state index contributed by atoms with van der Waals surface area (Å²) < 4.78 is 32.8. The molecule has 1 aliphatic carbocycles. The molecule has 2 aromatic carbocycles. The molecule has 31 heavy (non-hydrogen) atoms. The van der Waals surface area contributed by atoms with Gasteiger partial charge in [-0.1, -0.05) is 12.1 Å². The molecule has 1 aliphatic heterocycles. The molecule has 1 N–H and O–H groups in total. The number of carbonyl (C=O) groups excluding carboxylic acids is 1. The van der Waals surface area contributed by atoms with E-state index in [4.69, 9.17) is 4.74 Å². The molecule has 0 aromatic heterocycles. The molecule has 0 radical (unpaired) electrons. The first kappa shape index (κ1) is 21.8. The lowest BCUT2D eigenvalue weighted by Gasteiger charge is -2.31. The van der Waals surface area contributed by atoms with Gasteiger partial charge in [0.2, 0.25) is 15.9 Å². The van der Waals surface area contributed by atoms with Crippen LogP contribution in [0.3, 0.4) is 0 Å². The lowest BCUT2D eigenvalue weighted by molar-refractivity contribution is -0.120. The van der Waals surface area contributed by atoms with Gasteiger partial charge in [0.15, 0.2) is 0 Å². The second-order valence-electron chi connectivity index (χ2n) is 8.22. The molecule has 0 spiro atoms. The maximum atomic E-state index is 13.0. The van der Waals surface area contributed by atoms with Crippen molar-refractivity contribution < 1.29 is 17.9 Å². The zero-order valence-electron chi connectivity index (χ0n) is 18.0. The Morgan fingerprint density at radius 2 is 1.77 bits per heavy atom. The highest BCUT2D eigenvalue weighted by atomic mass is 32.2. The summed E-state index contributed by atoms with van der Waals surface area (Å²) >= 11 is 0. The number of carbonyl (C=O) groups is 1. The number of nitrogens with zero attached hydrogens (tertiary/aromatic N) is 1. The molecular formula is C24H30N2O4S. The highest BCUT2D eigenvalue weighted by molar-refractivity contribution is 7.89. The SMILES string of the molecule is CCOc1ccc(S(=O)(=O)N2CCC(C(=O)Nc3cccc4c3CCCC4)CC2)cc1. The van der Waals surface area contributed by atoms with Crippen LogP contribution in [0.4, 0.5) is 5.69 Å². The third-order valence-corrected chi connectivity index (χ3v) is 8.16. The summed E-state index contributed by atoms with van der Waals surface area (Å²) in [6.07, 6.45) is 5.48. The monoisotopic (exact) mass is 442 g/mol. The molecule has 1 heterocycles. The Labute approximate surface area is 184 Å². The summed E-state index contributed by atoms with van der Waals surface area (Å²) in [5.74, 6) is 0.475. The van der Waals surface area contributed by atoms with Crippen LogP contribution in [0.2, 0.25) is 0 Å². The summed E-state index contributed by atoms with van der Waals surface area (Å²) in [6, 6.07) is 12.7. The van der Waals surface area contributed by atoms with Crippen LogP contribution in [-0.2, 0) is 27.7 Å². The maximum absolute atomic E-state index is 13.0. The van der Waals surface area contributed by atoms with Gasteiger partial charge in [-0.3, -0.25) is 4.79 Å². The topological polar surface area (TPSA) is 75.7 Å². The van der Waals surface area contributed by atoms with Gasteiger partial charge >= 0.3 is 0 Å². The molecule has 1 amide bonds. The Balaban J connectivity index is 1.37. The maximum Gasteiger partial charge on any atom is 0.243 e. The molecule has 166 valence electrons. The van der Waals surface area contributed by atoms with Crippen molar-refractivity contribution in [2.75, 3.05) is 25.0 Å². The standard InChI is InChI=1S/C24H30N2O4S/c1-2-30-20-10-12-21(13-11-20)31(28,29)26-16-14-19(15-17-26)24(27)25-23-9-5-7-18-6-3-4-8-22(18)23/h5,7,9-13,19H,2-4,6,8,14-17H2,1H3,(H,25,27). The Kier molecular flexibility index (Phi) is 6.62. The van der Waals surface area contributed by atoms with Crippen molar-refractivity contribution in [3.63, 3.8) is 0 Å². The van der Waals surface area contributed by atoms with Crippen molar-refractivity contribution in [1.29, 1.82) is 0 Å². The first-order valence-electron chi connectivity index (χ1n) is 11.1. The molecule has 2 aliphatic rings. The number of hydrogen-bond acceptors (Lipinski definition) is 4. The molecule has 0 atom stereocenters. The van der Waals surface area contributed by atoms with E-state index in [0.717, 1.165) is 24.9 Å². The Bertz CT molecular complexity index is 1030. The van der Waals surface area contributed by atoms with E-state index in [1.165, 1.54) is 21.9 Å². The van der Waals surface area contributed by atoms with Crippen LogP contribution in [0.25, 0.3) is 0 Å². The number of anilines is 1. The zero-order chi connectivity index (χ0) is 21.8. The number of benzene rings is 2. The van der Waals surface area contributed by atoms with Crippen molar-refractivity contribution >= 4 is 21.6 Å². The second-order valence-corrected chi connectivity index (χ2v) is 10.2. The molecule has 0 unspecified atom stereocenters. The molecular weight excluding hydrogens is 412 g/mol. The summed E-state index contributed by atoms with van der Waals surface area (Å²) in [7, 11) is -3.57. The van der Waals surface area contributed by atoms with Crippen LogP contribution in [0.15, 0.2) is 47.4 Å². The van der Waals surface area contributed by atoms with Gasteiger partial charge in [-0.05, 0) is 86.9 Å². The van der Waals surface area contributed by atoms with Crippen molar-refractivity contribution in [2.45, 2.75) is 50.3 Å². The van der Waals surface area contributed by atoms with Crippen molar-refractivity contribution in [1.82, 2.24) is 4.31 Å². The molecule has 7 heteroatoms. The number of piperidine rings is 1. The summed E-state index contributed by atoms with van der Waals surface area (Å²) in [5.41, 5.74) is 3.52. The highest BCUT2D eigenvalue weighted by Crippen LogP contribution is 2.30. The first-order valence-corrected chi connectivity index (χ1v) is 12.6. The largest absolute Gasteiger partial charge is 0.494 e. The number of fused-ring (bicyclic) bond motifs is 1. The van der Waals surface area contributed by atoms with Crippen molar-refractivity contribution in [3.8, 4) is 5.75 Å². The predicted molar refractivity (Wildman–Crippen MR) is 121 cm³/mol. The van der Waals surface area contributed by atoms with E-state index in [-0.39, 0.29) is 16.7 Å². The smallest absolute Gasteiger partial charge is 0.243 e. The van der Waals surface area contributed by atoms with Gasteiger partial charge < -0.3 is 10.1 Å². The average Bonchev–Trinajstić information content (AvgIpc) is 2.80. The van der Waals surface area contributed by atoms with Gasteiger partial charge in [-0.2, -0.15) is 4.31 Å². The van der Waals surface area contributed by atoms with Crippen molar-refractivity contribution in [3.05, 3.63) is 53.6 Å².